The molecule has 5 atom stereocenters. The first-order valence-corrected chi connectivity index (χ1v) is 10.4. The first-order valence-electron chi connectivity index (χ1n) is 9.99. The molecule has 1 saturated heterocycles. The van der Waals surface area contributed by atoms with Gasteiger partial charge >= 0.3 is 23.9 Å². The molecule has 1 aliphatic heterocycles. The summed E-state index contributed by atoms with van der Waals surface area (Å²) in [5.74, 6) is -3.40. The van der Waals surface area contributed by atoms with E-state index in [1.165, 1.54) is 24.3 Å². The second kappa shape index (κ2) is 12.0. The Morgan fingerprint density at radius 1 is 0.943 bits per heavy atom. The third-order valence-electron chi connectivity index (χ3n) is 4.49. The van der Waals surface area contributed by atoms with Gasteiger partial charge in [-0.25, -0.2) is 4.79 Å². The van der Waals surface area contributed by atoms with Crippen LogP contribution in [0.4, 0.5) is 11.4 Å². The van der Waals surface area contributed by atoms with E-state index in [-0.39, 0.29) is 10.8 Å². The number of non-ortho nitro benzene ring substituents is 1. The van der Waals surface area contributed by atoms with E-state index in [0.29, 0.717) is 5.69 Å². The molecule has 0 bridgehead atoms. The lowest BCUT2D eigenvalue weighted by Gasteiger charge is -2.43. The van der Waals surface area contributed by atoms with Gasteiger partial charge in [-0.1, -0.05) is 0 Å². The number of nitro benzene ring substituents is 1. The molecular weight excluding hydrogens is 490 g/mol. The van der Waals surface area contributed by atoms with Gasteiger partial charge in [0.1, 0.15) is 0 Å². The second-order valence-electron chi connectivity index (χ2n) is 7.13. The Balaban J connectivity index is 2.36. The summed E-state index contributed by atoms with van der Waals surface area (Å²) in [6.07, 6.45) is -7.37. The van der Waals surface area contributed by atoms with Gasteiger partial charge in [-0.05, 0) is 24.4 Å². The number of methoxy groups -OCH3 is 1. The van der Waals surface area contributed by atoms with Gasteiger partial charge in [0.15, 0.2) is 35.8 Å². The summed E-state index contributed by atoms with van der Waals surface area (Å²) in [7, 11) is 1.07. The van der Waals surface area contributed by atoms with Crippen molar-refractivity contribution < 1.29 is 47.8 Å². The predicted octanol–water partition coefficient (Wildman–Crippen LogP) is 0.574. The fourth-order valence-electron chi connectivity index (χ4n) is 3.20. The Labute approximate surface area is 204 Å². The Hall–Kier alpha value is -3.85. The number of hydrogen-bond acceptors (Lipinski definition) is 12. The average Bonchev–Trinajstić information content (AvgIpc) is 2.76. The lowest BCUT2D eigenvalue weighted by molar-refractivity contribution is -0.384. The van der Waals surface area contributed by atoms with Crippen molar-refractivity contribution in [2.24, 2.45) is 0 Å². The molecule has 0 unspecified atom stereocenters. The maximum Gasteiger partial charge on any atom is 0.339 e. The van der Waals surface area contributed by atoms with Crippen LogP contribution in [0.5, 0.6) is 0 Å². The maximum absolute atomic E-state index is 12.4. The number of nitrogens with zero attached hydrogens (tertiary/aromatic N) is 1. The zero-order chi connectivity index (χ0) is 26.3. The van der Waals surface area contributed by atoms with E-state index in [2.05, 4.69) is 10.6 Å². The van der Waals surface area contributed by atoms with Crippen LogP contribution in [0.2, 0.25) is 0 Å². The Morgan fingerprint density at radius 2 is 1.46 bits per heavy atom. The number of nitro groups is 1. The minimum Gasteiger partial charge on any atom is -0.467 e. The van der Waals surface area contributed by atoms with Crippen LogP contribution in [0, 0.1) is 10.1 Å². The molecule has 1 aromatic rings. The molecule has 1 aromatic carbocycles. The van der Waals surface area contributed by atoms with Crippen LogP contribution in [0.3, 0.4) is 0 Å². The van der Waals surface area contributed by atoms with Crippen molar-refractivity contribution in [1.82, 2.24) is 5.32 Å². The summed E-state index contributed by atoms with van der Waals surface area (Å²) in [5.41, 5.74) is 0.230. The third kappa shape index (κ3) is 7.58. The third-order valence-corrected chi connectivity index (χ3v) is 4.71. The van der Waals surface area contributed by atoms with Crippen molar-refractivity contribution >= 4 is 52.6 Å². The van der Waals surface area contributed by atoms with Crippen LogP contribution in [-0.2, 0) is 42.9 Å². The van der Waals surface area contributed by atoms with Crippen molar-refractivity contribution in [1.29, 1.82) is 0 Å². The fraction of sp³-hybridized carbons (Fsp3) is 0.450. The number of nitrogens with one attached hydrogen (secondary N) is 2. The zero-order valence-corrected chi connectivity index (χ0v) is 19.9. The van der Waals surface area contributed by atoms with E-state index >= 15 is 0 Å². The van der Waals surface area contributed by atoms with Crippen LogP contribution in [0.25, 0.3) is 0 Å². The molecule has 2 rings (SSSR count). The van der Waals surface area contributed by atoms with Gasteiger partial charge in [0.2, 0.25) is 0 Å². The number of esters is 4. The molecule has 2 N–H and O–H groups in total. The van der Waals surface area contributed by atoms with E-state index in [1.807, 2.05) is 0 Å². The normalized spacial score (nSPS) is 23.3. The van der Waals surface area contributed by atoms with Crippen LogP contribution in [0.15, 0.2) is 24.3 Å². The molecule has 190 valence electrons. The van der Waals surface area contributed by atoms with E-state index in [0.717, 1.165) is 27.9 Å². The molecule has 0 radical (unpaired) electrons. The standard InChI is InChI=1S/C20H23N3O11S/c1-9(24)31-14-15(32-10(2)25)17(19(27)30-4)34-18(16(14)33-11(3)26)22-20(35)21-12-5-7-13(8-6-12)23(28)29/h5-8,14-18H,1-4H3,(H2,21,22,35)/t14-,15-,16+,17-,18+/m0/s1. The smallest absolute Gasteiger partial charge is 0.339 e. The summed E-state index contributed by atoms with van der Waals surface area (Å²) in [4.78, 5) is 58.0. The van der Waals surface area contributed by atoms with Crippen molar-refractivity contribution in [3.63, 3.8) is 0 Å². The summed E-state index contributed by atoms with van der Waals surface area (Å²) in [5, 5.41) is 16.2. The number of carbonyl (C=O) groups excluding carboxylic acids is 4. The molecule has 15 heteroatoms. The number of thiocarbonyl (C=S) groups is 1. The predicted molar refractivity (Wildman–Crippen MR) is 120 cm³/mol. The van der Waals surface area contributed by atoms with Crippen molar-refractivity contribution in [3.05, 3.63) is 34.4 Å². The first kappa shape index (κ1) is 27.4. The summed E-state index contributed by atoms with van der Waals surface area (Å²) < 4.78 is 26.1. The van der Waals surface area contributed by atoms with Gasteiger partial charge in [0, 0.05) is 38.6 Å². The molecule has 1 aliphatic rings. The second-order valence-corrected chi connectivity index (χ2v) is 7.53. The molecule has 0 spiro atoms. The number of ether oxygens (including phenoxy) is 5. The minimum absolute atomic E-state index is 0.0999. The van der Waals surface area contributed by atoms with Crippen LogP contribution < -0.4 is 10.6 Å². The highest BCUT2D eigenvalue weighted by Gasteiger charge is 2.55. The van der Waals surface area contributed by atoms with Gasteiger partial charge in [0.25, 0.3) is 5.69 Å². The van der Waals surface area contributed by atoms with Gasteiger partial charge in [-0.15, -0.1) is 0 Å². The van der Waals surface area contributed by atoms with Crippen LogP contribution in [-0.4, -0.2) is 71.7 Å². The minimum atomic E-state index is -1.58. The number of rotatable bonds is 7. The van der Waals surface area contributed by atoms with E-state index < -0.39 is 59.4 Å². The molecule has 0 aromatic heterocycles. The van der Waals surface area contributed by atoms with Gasteiger partial charge < -0.3 is 34.3 Å². The van der Waals surface area contributed by atoms with E-state index in [1.54, 1.807) is 0 Å². The highest BCUT2D eigenvalue weighted by Crippen LogP contribution is 2.29. The Bertz CT molecular complexity index is 1000. The monoisotopic (exact) mass is 513 g/mol. The molecular formula is C20H23N3O11S. The van der Waals surface area contributed by atoms with Gasteiger partial charge in [-0.2, -0.15) is 0 Å². The first-order chi connectivity index (χ1) is 16.4. The fourth-order valence-corrected chi connectivity index (χ4v) is 3.43. The lowest BCUT2D eigenvalue weighted by atomic mass is 9.97. The van der Waals surface area contributed by atoms with Gasteiger partial charge in [0.05, 0.1) is 12.0 Å². The molecule has 0 saturated carbocycles. The zero-order valence-electron chi connectivity index (χ0n) is 19.0. The Morgan fingerprint density at radius 3 is 1.94 bits per heavy atom. The maximum atomic E-state index is 12.4. The molecule has 1 heterocycles. The summed E-state index contributed by atoms with van der Waals surface area (Å²) >= 11 is 5.24. The van der Waals surface area contributed by atoms with E-state index in [4.69, 9.17) is 35.9 Å². The Kier molecular flexibility index (Phi) is 9.42. The molecule has 14 nitrogen and oxygen atoms in total. The number of hydrogen-bond donors (Lipinski definition) is 2. The summed E-state index contributed by atoms with van der Waals surface area (Å²) in [6.45, 7) is 3.22. The average molecular weight is 513 g/mol. The van der Waals surface area contributed by atoms with Crippen LogP contribution >= 0.6 is 12.2 Å². The van der Waals surface area contributed by atoms with E-state index in [9.17, 15) is 29.3 Å². The highest BCUT2D eigenvalue weighted by atomic mass is 32.1. The quantitative estimate of drug-likeness (QED) is 0.170. The number of carbonyl (C=O) groups is 4. The molecule has 0 aliphatic carbocycles. The number of benzene rings is 1. The van der Waals surface area contributed by atoms with Crippen molar-refractivity contribution in [2.75, 3.05) is 12.4 Å². The van der Waals surface area contributed by atoms with Crippen molar-refractivity contribution in [3.8, 4) is 0 Å². The lowest BCUT2D eigenvalue weighted by Crippen LogP contribution is -2.67. The molecule has 1 fully saturated rings. The topological polar surface area (TPSA) is 182 Å². The number of anilines is 1. The largest absolute Gasteiger partial charge is 0.467 e. The SMILES string of the molecule is COC(=O)[C@H]1O[C@@H](NC(=S)Nc2ccc([N+](=O)[O-])cc2)[C@H](OC(C)=O)[C@@H](OC(C)=O)[C@@H]1OC(C)=O. The van der Waals surface area contributed by atoms with Gasteiger partial charge in [-0.3, -0.25) is 24.5 Å². The van der Waals surface area contributed by atoms with Crippen molar-refractivity contribution in [2.45, 2.75) is 51.4 Å². The summed E-state index contributed by atoms with van der Waals surface area (Å²) in [6, 6.07) is 5.29. The van der Waals surface area contributed by atoms with Crippen LogP contribution in [0.1, 0.15) is 20.8 Å². The highest BCUT2D eigenvalue weighted by molar-refractivity contribution is 7.80. The molecule has 0 amide bonds. The molecule has 35 heavy (non-hydrogen) atoms.